The van der Waals surface area contributed by atoms with Crippen molar-refractivity contribution in [3.8, 4) is 5.69 Å². The highest BCUT2D eigenvalue weighted by Gasteiger charge is 2.21. The summed E-state index contributed by atoms with van der Waals surface area (Å²) in [4.78, 5) is 23.3. The first-order valence-electron chi connectivity index (χ1n) is 7.27. The first-order valence-corrected chi connectivity index (χ1v) is 7.27. The minimum absolute atomic E-state index is 0.0717. The van der Waals surface area contributed by atoms with Crippen LogP contribution in [0.3, 0.4) is 0 Å². The lowest BCUT2D eigenvalue weighted by Crippen LogP contribution is -2.41. The minimum atomic E-state index is -1.14. The quantitative estimate of drug-likeness (QED) is 0.800. The van der Waals surface area contributed by atoms with Crippen LogP contribution in [0.1, 0.15) is 22.5 Å². The number of carbonyl (C=O) groups is 2. The molecule has 1 atom stereocenters. The zero-order valence-corrected chi connectivity index (χ0v) is 13.3. The van der Waals surface area contributed by atoms with Gasteiger partial charge >= 0.3 is 5.97 Å². The van der Waals surface area contributed by atoms with Crippen molar-refractivity contribution in [1.29, 1.82) is 0 Å². The van der Waals surface area contributed by atoms with E-state index < -0.39 is 17.9 Å². The minimum Gasteiger partial charge on any atom is -0.480 e. The fourth-order valence-corrected chi connectivity index (χ4v) is 2.18. The van der Waals surface area contributed by atoms with E-state index in [0.29, 0.717) is 11.3 Å². The monoisotopic (exact) mass is 335 g/mol. The van der Waals surface area contributed by atoms with Gasteiger partial charge in [0.25, 0.3) is 5.91 Å². The van der Waals surface area contributed by atoms with Crippen molar-refractivity contribution in [2.75, 3.05) is 13.7 Å². The molecule has 0 spiro atoms. The first kappa shape index (κ1) is 17.6. The number of nitrogens with zero attached hydrogens (tertiary/aromatic N) is 2. The zero-order valence-electron chi connectivity index (χ0n) is 13.3. The smallest absolute Gasteiger partial charge is 0.326 e. The van der Waals surface area contributed by atoms with Crippen LogP contribution in [0.25, 0.3) is 5.69 Å². The van der Waals surface area contributed by atoms with E-state index in [1.54, 1.807) is 19.2 Å². The van der Waals surface area contributed by atoms with E-state index in [0.717, 1.165) is 0 Å². The number of rotatable bonds is 7. The summed E-state index contributed by atoms with van der Waals surface area (Å²) in [7, 11) is 1.45. The highest BCUT2D eigenvalue weighted by Crippen LogP contribution is 2.15. The number of aryl methyl sites for hydroxylation is 1. The lowest BCUT2D eigenvalue weighted by Gasteiger charge is -2.13. The number of hydrogen-bond donors (Lipinski definition) is 2. The summed E-state index contributed by atoms with van der Waals surface area (Å²) < 4.78 is 19.4. The predicted octanol–water partition coefficient (Wildman–Crippen LogP) is 1.54. The number of aliphatic carboxylic acids is 1. The van der Waals surface area contributed by atoms with Crippen LogP contribution in [-0.2, 0) is 9.53 Å². The molecule has 8 heteroatoms. The molecule has 1 aromatic heterocycles. The van der Waals surface area contributed by atoms with E-state index in [-0.39, 0.29) is 24.5 Å². The van der Waals surface area contributed by atoms with Gasteiger partial charge in [-0.2, -0.15) is 5.10 Å². The molecule has 0 bridgehead atoms. The van der Waals surface area contributed by atoms with E-state index in [4.69, 9.17) is 9.84 Å². The van der Waals surface area contributed by atoms with Gasteiger partial charge in [-0.1, -0.05) is 0 Å². The molecule has 24 heavy (non-hydrogen) atoms. The second kappa shape index (κ2) is 7.69. The largest absolute Gasteiger partial charge is 0.480 e. The summed E-state index contributed by atoms with van der Waals surface area (Å²) in [5.41, 5.74) is 1.36. The number of carboxylic acids is 1. The van der Waals surface area contributed by atoms with Crippen molar-refractivity contribution in [2.45, 2.75) is 19.4 Å². The van der Waals surface area contributed by atoms with E-state index in [1.165, 1.54) is 30.0 Å². The molecule has 0 aliphatic rings. The summed E-state index contributed by atoms with van der Waals surface area (Å²) >= 11 is 0. The number of halogens is 1. The van der Waals surface area contributed by atoms with Crippen LogP contribution < -0.4 is 5.32 Å². The lowest BCUT2D eigenvalue weighted by atomic mass is 10.2. The van der Waals surface area contributed by atoms with Crippen molar-refractivity contribution in [3.63, 3.8) is 0 Å². The maximum absolute atomic E-state index is 13.2. The Bertz CT molecular complexity index is 745. The fraction of sp³-hybridized carbons (Fsp3) is 0.312. The SMILES string of the molecule is COCCC(NC(=O)c1ccn(-c2ccc(F)cc2C)n1)C(=O)O. The Morgan fingerprint density at radius 1 is 1.42 bits per heavy atom. The molecule has 0 aliphatic heterocycles. The number of benzene rings is 1. The van der Waals surface area contributed by atoms with Crippen LogP contribution >= 0.6 is 0 Å². The second-order valence-corrected chi connectivity index (χ2v) is 5.22. The van der Waals surface area contributed by atoms with Gasteiger partial charge in [0.15, 0.2) is 5.69 Å². The number of amides is 1. The van der Waals surface area contributed by atoms with Crippen molar-refractivity contribution >= 4 is 11.9 Å². The summed E-state index contributed by atoms with van der Waals surface area (Å²) in [5.74, 6) is -2.10. The molecule has 2 aromatic rings. The third kappa shape index (κ3) is 4.17. The van der Waals surface area contributed by atoms with Crippen LogP contribution in [0.2, 0.25) is 0 Å². The number of ether oxygens (including phenoxy) is 1. The summed E-state index contributed by atoms with van der Waals surface area (Å²) in [5, 5.41) is 15.6. The number of hydrogen-bond acceptors (Lipinski definition) is 4. The molecule has 0 saturated heterocycles. The molecule has 1 unspecified atom stereocenters. The summed E-state index contributed by atoms with van der Waals surface area (Å²) in [6.07, 6.45) is 1.70. The molecule has 0 aliphatic carbocycles. The molecule has 0 saturated carbocycles. The summed E-state index contributed by atoms with van der Waals surface area (Å²) in [6, 6.07) is 4.62. The van der Waals surface area contributed by atoms with Gasteiger partial charge in [-0.3, -0.25) is 4.79 Å². The van der Waals surface area contributed by atoms with Crippen LogP contribution in [0, 0.1) is 12.7 Å². The van der Waals surface area contributed by atoms with Gasteiger partial charge in [-0.25, -0.2) is 13.9 Å². The fourth-order valence-electron chi connectivity index (χ4n) is 2.18. The van der Waals surface area contributed by atoms with Crippen molar-refractivity contribution < 1.29 is 23.8 Å². The lowest BCUT2D eigenvalue weighted by molar-refractivity contribution is -0.139. The molecular formula is C16H18FN3O4. The maximum atomic E-state index is 13.2. The van der Waals surface area contributed by atoms with Crippen molar-refractivity contribution in [3.05, 3.63) is 47.5 Å². The average molecular weight is 335 g/mol. The Balaban J connectivity index is 2.14. The van der Waals surface area contributed by atoms with Crippen molar-refractivity contribution in [2.24, 2.45) is 0 Å². The first-order chi connectivity index (χ1) is 11.4. The van der Waals surface area contributed by atoms with Gasteiger partial charge in [0.05, 0.1) is 5.69 Å². The Morgan fingerprint density at radius 3 is 2.79 bits per heavy atom. The number of methoxy groups -OCH3 is 1. The van der Waals surface area contributed by atoms with Crippen LogP contribution in [0.15, 0.2) is 30.5 Å². The molecule has 2 N–H and O–H groups in total. The number of nitrogens with one attached hydrogen (secondary N) is 1. The molecule has 7 nitrogen and oxygen atoms in total. The van der Waals surface area contributed by atoms with Gasteiger partial charge < -0.3 is 15.2 Å². The normalized spacial score (nSPS) is 12.0. The van der Waals surface area contributed by atoms with E-state index >= 15 is 0 Å². The third-order valence-corrected chi connectivity index (χ3v) is 3.44. The number of carboxylic acid groups (broad SMARTS) is 1. The zero-order chi connectivity index (χ0) is 17.7. The Morgan fingerprint density at radius 2 is 2.17 bits per heavy atom. The van der Waals surface area contributed by atoms with Gasteiger partial charge in [-0.15, -0.1) is 0 Å². The molecule has 1 heterocycles. The Labute approximate surface area is 138 Å². The van der Waals surface area contributed by atoms with Crippen molar-refractivity contribution in [1.82, 2.24) is 15.1 Å². The van der Waals surface area contributed by atoms with Crippen LogP contribution in [0.5, 0.6) is 0 Å². The summed E-state index contributed by atoms with van der Waals surface area (Å²) in [6.45, 7) is 1.94. The van der Waals surface area contributed by atoms with Crippen LogP contribution in [0.4, 0.5) is 4.39 Å². The van der Waals surface area contributed by atoms with Gasteiger partial charge in [-0.05, 0) is 36.8 Å². The molecule has 2 rings (SSSR count). The van der Waals surface area contributed by atoms with Gasteiger partial charge in [0.1, 0.15) is 11.9 Å². The Kier molecular flexibility index (Phi) is 5.64. The molecule has 1 aromatic carbocycles. The molecular weight excluding hydrogens is 317 g/mol. The van der Waals surface area contributed by atoms with E-state index in [1.807, 2.05) is 0 Å². The predicted molar refractivity (Wildman–Crippen MR) is 83.6 cm³/mol. The number of aromatic nitrogens is 2. The molecule has 0 radical (unpaired) electrons. The average Bonchev–Trinajstić information content (AvgIpc) is 3.00. The standard InChI is InChI=1S/C16H18FN3O4/c1-10-9-11(17)3-4-14(10)20-7-5-12(19-20)15(21)18-13(16(22)23)6-8-24-2/h3-5,7,9,13H,6,8H2,1-2H3,(H,18,21)(H,22,23). The number of carbonyl (C=O) groups excluding carboxylic acids is 1. The van der Waals surface area contributed by atoms with Gasteiger partial charge in [0, 0.05) is 26.3 Å². The molecule has 0 fully saturated rings. The topological polar surface area (TPSA) is 93.5 Å². The highest BCUT2D eigenvalue weighted by molar-refractivity contribution is 5.94. The van der Waals surface area contributed by atoms with Gasteiger partial charge in [0.2, 0.25) is 0 Å². The molecule has 128 valence electrons. The second-order valence-electron chi connectivity index (χ2n) is 5.22. The van der Waals surface area contributed by atoms with E-state index in [2.05, 4.69) is 10.4 Å². The Hall–Kier alpha value is -2.74. The highest BCUT2D eigenvalue weighted by atomic mass is 19.1. The van der Waals surface area contributed by atoms with Crippen LogP contribution in [-0.4, -0.2) is 46.5 Å². The molecule has 1 amide bonds. The maximum Gasteiger partial charge on any atom is 0.326 e. The third-order valence-electron chi connectivity index (χ3n) is 3.44. The van der Waals surface area contributed by atoms with E-state index in [9.17, 15) is 14.0 Å².